The van der Waals surface area contributed by atoms with Crippen LogP contribution >= 0.6 is 0 Å². The van der Waals surface area contributed by atoms with Gasteiger partial charge in [0.2, 0.25) is 5.95 Å². The van der Waals surface area contributed by atoms with Crippen LogP contribution in [0.15, 0.2) is 162 Å². The van der Waals surface area contributed by atoms with Gasteiger partial charge in [-0.05, 0) is 64.0 Å². The van der Waals surface area contributed by atoms with Gasteiger partial charge in [0.15, 0.2) is 5.58 Å². The summed E-state index contributed by atoms with van der Waals surface area (Å²) in [5.74, 6) is 0.616. The molecule has 13 rings (SSSR count). The zero-order valence-electron chi connectivity index (χ0n) is 28.2. The maximum atomic E-state index is 6.58. The Hall–Kier alpha value is -7.24. The van der Waals surface area contributed by atoms with Gasteiger partial charge in [0, 0.05) is 43.3 Å². The standard InChI is InChI=1S/C48H26N4O/c1-2-13-29-25-30(22-21-27(29)11-1)44-47-45(34-17-7-10-20-40(34)53-47)50-48(49-44)52-37-19-9-6-16-33(37)42-39(52)26-35-32-15-5-8-18-36(32)51-38-24-23-28-12-3-4-14-31(28)41(38)43(42)46(35)51/h1-26H. The van der Waals surface area contributed by atoms with Crippen LogP contribution in [0.3, 0.4) is 0 Å². The summed E-state index contributed by atoms with van der Waals surface area (Å²) in [6, 6.07) is 56.3. The molecule has 0 aliphatic carbocycles. The summed E-state index contributed by atoms with van der Waals surface area (Å²) in [6.07, 6.45) is 0. The minimum atomic E-state index is 0.616. The number of fused-ring (bicyclic) bond motifs is 16. The number of para-hydroxylation sites is 3. The average molecular weight is 675 g/mol. The summed E-state index contributed by atoms with van der Waals surface area (Å²) in [5.41, 5.74) is 9.87. The van der Waals surface area contributed by atoms with Gasteiger partial charge in [-0.3, -0.25) is 4.57 Å². The van der Waals surface area contributed by atoms with Crippen molar-refractivity contribution in [2.24, 2.45) is 0 Å². The second kappa shape index (κ2) is 9.75. The summed E-state index contributed by atoms with van der Waals surface area (Å²) < 4.78 is 11.3. The summed E-state index contributed by atoms with van der Waals surface area (Å²) >= 11 is 0. The van der Waals surface area contributed by atoms with Gasteiger partial charge in [0.25, 0.3) is 0 Å². The van der Waals surface area contributed by atoms with E-state index in [1.165, 1.54) is 65.0 Å². The molecular formula is C48H26N4O. The number of rotatable bonds is 2. The molecular weight excluding hydrogens is 649 g/mol. The molecule has 5 heteroatoms. The number of nitrogens with zero attached hydrogens (tertiary/aromatic N) is 4. The van der Waals surface area contributed by atoms with Gasteiger partial charge < -0.3 is 8.82 Å². The van der Waals surface area contributed by atoms with Crippen LogP contribution < -0.4 is 0 Å². The molecule has 0 bridgehead atoms. The van der Waals surface area contributed by atoms with Crippen LogP contribution in [0.4, 0.5) is 0 Å². The molecule has 5 aromatic heterocycles. The fourth-order valence-corrected chi connectivity index (χ4v) is 9.20. The second-order valence-electron chi connectivity index (χ2n) is 14.1. The molecule has 0 spiro atoms. The Morgan fingerprint density at radius 1 is 0.434 bits per heavy atom. The minimum absolute atomic E-state index is 0.616. The third-order valence-corrected chi connectivity index (χ3v) is 11.4. The van der Waals surface area contributed by atoms with Crippen molar-refractivity contribution >= 4 is 104 Å². The van der Waals surface area contributed by atoms with E-state index in [4.69, 9.17) is 14.4 Å². The zero-order valence-corrected chi connectivity index (χ0v) is 28.2. The molecule has 5 heterocycles. The molecule has 0 saturated heterocycles. The number of hydrogen-bond acceptors (Lipinski definition) is 3. The minimum Gasteiger partial charge on any atom is -0.452 e. The molecule has 244 valence electrons. The largest absolute Gasteiger partial charge is 0.452 e. The Balaban J connectivity index is 1.25. The van der Waals surface area contributed by atoms with Crippen LogP contribution in [-0.2, 0) is 0 Å². The van der Waals surface area contributed by atoms with Gasteiger partial charge in [0.05, 0.1) is 27.6 Å². The molecule has 0 radical (unpaired) electrons. The van der Waals surface area contributed by atoms with E-state index in [-0.39, 0.29) is 0 Å². The predicted octanol–water partition coefficient (Wildman–Crippen LogP) is 12.6. The lowest BCUT2D eigenvalue weighted by Gasteiger charge is -2.10. The van der Waals surface area contributed by atoms with Gasteiger partial charge in [-0.25, -0.2) is 9.97 Å². The second-order valence-corrected chi connectivity index (χ2v) is 14.1. The van der Waals surface area contributed by atoms with Gasteiger partial charge in [-0.2, -0.15) is 0 Å². The molecule has 0 aliphatic rings. The Kier molecular flexibility index (Phi) is 5.06. The lowest BCUT2D eigenvalue weighted by atomic mass is 9.98. The van der Waals surface area contributed by atoms with Crippen molar-refractivity contribution in [3.63, 3.8) is 0 Å². The first-order valence-electron chi connectivity index (χ1n) is 18.0. The molecule has 5 nitrogen and oxygen atoms in total. The molecule has 0 unspecified atom stereocenters. The Morgan fingerprint density at radius 3 is 2.00 bits per heavy atom. The van der Waals surface area contributed by atoms with Crippen molar-refractivity contribution < 1.29 is 4.42 Å². The third-order valence-electron chi connectivity index (χ3n) is 11.4. The highest BCUT2D eigenvalue weighted by atomic mass is 16.3. The van der Waals surface area contributed by atoms with Gasteiger partial charge >= 0.3 is 0 Å². The molecule has 0 fully saturated rings. The highest BCUT2D eigenvalue weighted by Gasteiger charge is 2.27. The quantitative estimate of drug-likeness (QED) is 0.183. The van der Waals surface area contributed by atoms with E-state index in [1.807, 2.05) is 18.2 Å². The van der Waals surface area contributed by atoms with E-state index in [2.05, 4.69) is 148 Å². The monoisotopic (exact) mass is 674 g/mol. The summed E-state index contributed by atoms with van der Waals surface area (Å²) in [7, 11) is 0. The summed E-state index contributed by atoms with van der Waals surface area (Å²) in [6.45, 7) is 0. The Bertz CT molecular complexity index is 3700. The third kappa shape index (κ3) is 3.46. The highest BCUT2D eigenvalue weighted by molar-refractivity contribution is 6.38. The number of hydrogen-bond donors (Lipinski definition) is 0. The van der Waals surface area contributed by atoms with Gasteiger partial charge in [-0.1, -0.05) is 115 Å². The Labute approximate surface area is 300 Å². The van der Waals surface area contributed by atoms with Crippen molar-refractivity contribution in [3.05, 3.63) is 158 Å². The van der Waals surface area contributed by atoms with Gasteiger partial charge in [-0.15, -0.1) is 0 Å². The van der Waals surface area contributed by atoms with Crippen LogP contribution in [-0.4, -0.2) is 18.9 Å². The molecule has 8 aromatic carbocycles. The number of furan rings is 1. The topological polar surface area (TPSA) is 48.3 Å². The lowest BCUT2D eigenvalue weighted by Crippen LogP contribution is -2.03. The Morgan fingerprint density at radius 2 is 1.11 bits per heavy atom. The maximum absolute atomic E-state index is 6.58. The van der Waals surface area contributed by atoms with Crippen molar-refractivity contribution in [2.45, 2.75) is 0 Å². The average Bonchev–Trinajstić information content (AvgIpc) is 3.95. The van der Waals surface area contributed by atoms with Crippen molar-refractivity contribution in [3.8, 4) is 17.2 Å². The highest BCUT2D eigenvalue weighted by Crippen LogP contribution is 2.48. The fraction of sp³-hybridized carbons (Fsp3) is 0. The molecule has 13 aromatic rings. The van der Waals surface area contributed by atoms with Crippen molar-refractivity contribution in [1.82, 2.24) is 18.9 Å². The van der Waals surface area contributed by atoms with Crippen molar-refractivity contribution in [1.29, 1.82) is 0 Å². The van der Waals surface area contributed by atoms with E-state index in [0.29, 0.717) is 11.5 Å². The SMILES string of the molecule is c1ccc2cc(-c3nc(-n4c5ccccc5c5c6c7c8ccccc8ccc7n7c8ccccc8c(cc54)c67)nc4c3oc3ccccc34)ccc2c1. The van der Waals surface area contributed by atoms with Crippen LogP contribution in [0, 0.1) is 0 Å². The fourth-order valence-electron chi connectivity index (χ4n) is 9.20. The van der Waals surface area contributed by atoms with Crippen LogP contribution in [0.1, 0.15) is 0 Å². The molecule has 53 heavy (non-hydrogen) atoms. The zero-order chi connectivity index (χ0) is 34.4. The van der Waals surface area contributed by atoms with E-state index in [0.717, 1.165) is 44.2 Å². The first-order chi connectivity index (χ1) is 26.3. The maximum Gasteiger partial charge on any atom is 0.236 e. The first-order valence-corrected chi connectivity index (χ1v) is 18.0. The molecule has 0 amide bonds. The molecule has 0 atom stereocenters. The molecule has 0 aliphatic heterocycles. The van der Waals surface area contributed by atoms with E-state index in [1.54, 1.807) is 0 Å². The predicted molar refractivity (Wildman–Crippen MR) is 219 cm³/mol. The van der Waals surface area contributed by atoms with Gasteiger partial charge in [0.1, 0.15) is 16.8 Å². The van der Waals surface area contributed by atoms with Crippen LogP contribution in [0.2, 0.25) is 0 Å². The van der Waals surface area contributed by atoms with E-state index in [9.17, 15) is 0 Å². The van der Waals surface area contributed by atoms with E-state index < -0.39 is 0 Å². The smallest absolute Gasteiger partial charge is 0.236 e. The normalized spacial score (nSPS) is 12.5. The van der Waals surface area contributed by atoms with Crippen LogP contribution in [0.25, 0.3) is 121 Å². The van der Waals surface area contributed by atoms with Crippen LogP contribution in [0.5, 0.6) is 0 Å². The number of benzene rings is 8. The molecule has 0 saturated carbocycles. The summed E-state index contributed by atoms with van der Waals surface area (Å²) in [5, 5.41) is 13.2. The lowest BCUT2D eigenvalue weighted by molar-refractivity contribution is 0.666. The van der Waals surface area contributed by atoms with Crippen molar-refractivity contribution in [2.75, 3.05) is 0 Å². The van der Waals surface area contributed by atoms with E-state index >= 15 is 0 Å². The number of aromatic nitrogens is 4. The first kappa shape index (κ1) is 27.5. The summed E-state index contributed by atoms with van der Waals surface area (Å²) in [4.78, 5) is 10.9. The molecule has 0 N–H and O–H groups in total.